The predicted octanol–water partition coefficient (Wildman–Crippen LogP) is 7.49. The molecule has 2 heterocycles. The molecule has 3 heteroatoms. The lowest BCUT2D eigenvalue weighted by molar-refractivity contribution is -0.0251. The second kappa shape index (κ2) is 6.98. The largest absolute Gasteiger partial charge is 0.331 e. The van der Waals surface area contributed by atoms with Crippen LogP contribution in [-0.4, -0.2) is 14.1 Å². The van der Waals surface area contributed by atoms with Crippen LogP contribution in [0.2, 0.25) is 0 Å². The van der Waals surface area contributed by atoms with Gasteiger partial charge in [0.05, 0.1) is 17.9 Å². The van der Waals surface area contributed by atoms with Gasteiger partial charge in [-0.1, -0.05) is 49.8 Å². The molecule has 0 radical (unpaired) electrons. The fraction of sp³-hybridized carbons (Fsp3) is 0.500. The van der Waals surface area contributed by atoms with E-state index in [0.29, 0.717) is 16.9 Å². The third kappa shape index (κ3) is 2.71. The third-order valence-electron chi connectivity index (χ3n) is 10.4. The van der Waals surface area contributed by atoms with Crippen molar-refractivity contribution >= 4 is 16.6 Å². The normalized spacial score (nSPS) is 37.8. The molecule has 2 fully saturated rings. The number of benzene rings is 1. The van der Waals surface area contributed by atoms with Crippen LogP contribution >= 0.6 is 0 Å². The Balaban J connectivity index is 1.20. The van der Waals surface area contributed by atoms with Gasteiger partial charge in [0, 0.05) is 29.7 Å². The van der Waals surface area contributed by atoms with E-state index in [1.165, 1.54) is 55.8 Å². The van der Waals surface area contributed by atoms with Crippen molar-refractivity contribution in [2.24, 2.45) is 28.6 Å². The molecule has 2 aromatic heterocycles. The molecule has 0 amide bonds. The molecule has 0 aliphatic heterocycles. The van der Waals surface area contributed by atoms with Gasteiger partial charge in [-0.05, 0) is 85.6 Å². The van der Waals surface area contributed by atoms with E-state index in [0.717, 1.165) is 17.8 Å². The van der Waals surface area contributed by atoms with Gasteiger partial charge in [-0.25, -0.2) is 4.98 Å². The van der Waals surface area contributed by atoms with Crippen molar-refractivity contribution in [3.8, 4) is 0 Å². The Bertz CT molecular complexity index is 1260. The molecule has 3 nitrogen and oxygen atoms in total. The number of aromatic nitrogens is 3. The number of rotatable bonds is 2. The average Bonchev–Trinajstić information content (AvgIpc) is 3.57. The summed E-state index contributed by atoms with van der Waals surface area (Å²) in [6, 6.07) is 11.7. The highest BCUT2D eigenvalue weighted by molar-refractivity contribution is 5.84. The minimum Gasteiger partial charge on any atom is -0.331 e. The molecule has 7 rings (SSSR count). The third-order valence-corrected chi connectivity index (χ3v) is 10.4. The summed E-state index contributed by atoms with van der Waals surface area (Å²) >= 11 is 0. The van der Waals surface area contributed by atoms with Gasteiger partial charge in [0.2, 0.25) is 0 Å². The minimum atomic E-state index is 0.300. The molecule has 4 aliphatic carbocycles. The maximum absolute atomic E-state index is 4.30. The van der Waals surface area contributed by atoms with E-state index < -0.39 is 0 Å². The molecule has 0 N–H and O–H groups in total. The number of para-hydroxylation sites is 1. The lowest BCUT2D eigenvalue weighted by Gasteiger charge is -2.58. The first-order valence-electron chi connectivity index (χ1n) is 13.0. The Kier molecular flexibility index (Phi) is 4.20. The van der Waals surface area contributed by atoms with E-state index in [9.17, 15) is 0 Å². The van der Waals surface area contributed by atoms with Crippen molar-refractivity contribution in [3.05, 3.63) is 73.0 Å². The zero-order valence-corrected chi connectivity index (χ0v) is 20.0. The monoisotopic (exact) mass is 437 g/mol. The first-order valence-corrected chi connectivity index (χ1v) is 13.0. The van der Waals surface area contributed by atoms with Crippen molar-refractivity contribution in [2.75, 3.05) is 0 Å². The summed E-state index contributed by atoms with van der Waals surface area (Å²) in [5.74, 6) is 2.48. The molecule has 2 saturated carbocycles. The molecule has 0 bridgehead atoms. The molecule has 4 unspecified atom stereocenters. The fourth-order valence-electron chi connectivity index (χ4n) is 8.62. The molecular formula is C30H35N3. The average molecular weight is 438 g/mol. The van der Waals surface area contributed by atoms with Gasteiger partial charge in [0.25, 0.3) is 0 Å². The maximum Gasteiger partial charge on any atom is 0.0951 e. The summed E-state index contributed by atoms with van der Waals surface area (Å²) in [5, 5.41) is 1.36. The van der Waals surface area contributed by atoms with Gasteiger partial charge in [0.1, 0.15) is 0 Å². The molecule has 0 spiro atoms. The van der Waals surface area contributed by atoms with Crippen molar-refractivity contribution < 1.29 is 0 Å². The summed E-state index contributed by atoms with van der Waals surface area (Å²) in [6.07, 6.45) is 22.8. The Morgan fingerprint density at radius 1 is 0.939 bits per heavy atom. The van der Waals surface area contributed by atoms with Crippen LogP contribution in [0.5, 0.6) is 0 Å². The second-order valence-corrected chi connectivity index (χ2v) is 11.7. The van der Waals surface area contributed by atoms with Gasteiger partial charge in [-0.2, -0.15) is 0 Å². The molecule has 170 valence electrons. The number of hydrogen-bond acceptors (Lipinski definition) is 1. The number of imidazole rings is 1. The van der Waals surface area contributed by atoms with E-state index >= 15 is 0 Å². The van der Waals surface area contributed by atoms with Crippen LogP contribution in [0.3, 0.4) is 0 Å². The highest BCUT2D eigenvalue weighted by Crippen LogP contribution is 2.66. The summed E-state index contributed by atoms with van der Waals surface area (Å²) < 4.78 is 4.83. The van der Waals surface area contributed by atoms with E-state index in [-0.39, 0.29) is 0 Å². The quantitative estimate of drug-likeness (QED) is 0.381. The van der Waals surface area contributed by atoms with Gasteiger partial charge in [-0.3, -0.25) is 0 Å². The Morgan fingerprint density at radius 2 is 1.82 bits per heavy atom. The number of nitrogens with zero attached hydrogens (tertiary/aromatic N) is 3. The first-order chi connectivity index (χ1) is 16.1. The fourth-order valence-corrected chi connectivity index (χ4v) is 8.62. The number of allylic oxidation sites excluding steroid dienone is 4. The Morgan fingerprint density at radius 3 is 2.70 bits per heavy atom. The van der Waals surface area contributed by atoms with Crippen LogP contribution in [0, 0.1) is 28.6 Å². The highest BCUT2D eigenvalue weighted by atomic mass is 15.0. The van der Waals surface area contributed by atoms with E-state index in [2.05, 4.69) is 82.8 Å². The number of fused-ring (bicyclic) bond motifs is 6. The zero-order valence-electron chi connectivity index (χ0n) is 20.0. The van der Waals surface area contributed by atoms with Crippen LogP contribution in [0.25, 0.3) is 16.6 Å². The molecule has 0 saturated heterocycles. The van der Waals surface area contributed by atoms with Crippen LogP contribution in [0.15, 0.2) is 73.0 Å². The van der Waals surface area contributed by atoms with Crippen molar-refractivity contribution in [2.45, 2.75) is 64.8 Å². The van der Waals surface area contributed by atoms with E-state index in [1.54, 1.807) is 11.3 Å². The lowest BCUT2D eigenvalue weighted by atomic mass is 9.47. The zero-order chi connectivity index (χ0) is 22.2. The van der Waals surface area contributed by atoms with Crippen molar-refractivity contribution in [1.82, 2.24) is 14.1 Å². The minimum absolute atomic E-state index is 0.300. The highest BCUT2D eigenvalue weighted by Gasteiger charge is 2.57. The van der Waals surface area contributed by atoms with Crippen molar-refractivity contribution in [1.29, 1.82) is 0 Å². The summed E-state index contributed by atoms with van der Waals surface area (Å²) in [6.45, 7) is 5.20. The molecular weight excluding hydrogens is 402 g/mol. The van der Waals surface area contributed by atoms with Crippen LogP contribution < -0.4 is 0 Å². The van der Waals surface area contributed by atoms with Crippen LogP contribution in [0.4, 0.5) is 0 Å². The molecule has 4 aliphatic rings. The van der Waals surface area contributed by atoms with E-state index in [1.807, 2.05) is 12.5 Å². The molecule has 3 aromatic rings. The molecule has 33 heavy (non-hydrogen) atoms. The van der Waals surface area contributed by atoms with E-state index in [4.69, 9.17) is 0 Å². The smallest absolute Gasteiger partial charge is 0.0951 e. The summed E-state index contributed by atoms with van der Waals surface area (Å²) in [5.41, 5.74) is 5.38. The van der Waals surface area contributed by atoms with Gasteiger partial charge < -0.3 is 9.13 Å². The van der Waals surface area contributed by atoms with Crippen LogP contribution in [-0.2, 0) is 0 Å². The summed E-state index contributed by atoms with van der Waals surface area (Å²) in [4.78, 5) is 4.30. The van der Waals surface area contributed by atoms with Gasteiger partial charge in [0.15, 0.2) is 0 Å². The molecule has 6 atom stereocenters. The maximum atomic E-state index is 4.30. The lowest BCUT2D eigenvalue weighted by Crippen LogP contribution is -2.50. The van der Waals surface area contributed by atoms with Gasteiger partial charge in [-0.15, -0.1) is 0 Å². The van der Waals surface area contributed by atoms with Gasteiger partial charge >= 0.3 is 0 Å². The van der Waals surface area contributed by atoms with Crippen LogP contribution in [0.1, 0.15) is 64.8 Å². The summed E-state index contributed by atoms with van der Waals surface area (Å²) in [7, 11) is 0. The second-order valence-electron chi connectivity index (χ2n) is 11.7. The SMILES string of the molecule is C[C@]12CCC(n3ccnc3)C=C1CCC1C2CC[C@]2(C)C(n3ccc4ccccc43)=CCC12. The topological polar surface area (TPSA) is 22.8 Å². The standard InChI is InChI=1S/C30H35N3/c1-29-14-11-23(32-18-16-31-20-32)19-22(29)7-8-24-25-9-10-28(30(25,2)15-12-26(24)29)33-17-13-21-5-3-4-6-27(21)33/h3-6,10,13,16-20,23-26H,7-9,11-12,14-15H2,1-2H3/t23?,24?,25?,26?,29-,30-/m0/s1. The Hall–Kier alpha value is -2.55. The first kappa shape index (κ1) is 19.9. The number of hydrogen-bond donors (Lipinski definition) is 0. The molecule has 1 aromatic carbocycles. The van der Waals surface area contributed by atoms with Crippen molar-refractivity contribution in [3.63, 3.8) is 0 Å². The Labute approximate surface area is 197 Å². The predicted molar refractivity (Wildman–Crippen MR) is 135 cm³/mol.